The highest BCUT2D eigenvalue weighted by Gasteiger charge is 2.22. The van der Waals surface area contributed by atoms with Crippen molar-refractivity contribution in [3.05, 3.63) is 65.0 Å². The zero-order valence-corrected chi connectivity index (χ0v) is 14.4. The number of hydrogen-bond acceptors (Lipinski definition) is 4. The van der Waals surface area contributed by atoms with Crippen LogP contribution in [0.3, 0.4) is 0 Å². The molecule has 2 heterocycles. The summed E-state index contributed by atoms with van der Waals surface area (Å²) >= 11 is 0. The molecule has 3 aromatic rings. The molecule has 0 amide bonds. The maximum absolute atomic E-state index is 13.2. The van der Waals surface area contributed by atoms with Gasteiger partial charge < -0.3 is 9.80 Å². The largest absolute Gasteiger partial charge is 0.339 e. The number of benzene rings is 2. The summed E-state index contributed by atoms with van der Waals surface area (Å²) in [6.45, 7) is 6.99. The van der Waals surface area contributed by atoms with Gasteiger partial charge in [0.2, 0.25) is 5.95 Å². The van der Waals surface area contributed by atoms with E-state index in [1.54, 1.807) is 4.57 Å². The van der Waals surface area contributed by atoms with Gasteiger partial charge in [-0.15, -0.1) is 0 Å². The molecule has 0 radical (unpaired) electrons. The number of aromatic nitrogens is 2. The Hall–Kier alpha value is -2.66. The monoisotopic (exact) mass is 334 g/mol. The smallest absolute Gasteiger partial charge is 0.267 e. The predicted molar refractivity (Wildman–Crippen MR) is 102 cm³/mol. The molecule has 1 saturated heterocycles. The van der Waals surface area contributed by atoms with Crippen molar-refractivity contribution >= 4 is 16.9 Å². The first-order valence-electron chi connectivity index (χ1n) is 8.82. The summed E-state index contributed by atoms with van der Waals surface area (Å²) in [7, 11) is 0. The van der Waals surface area contributed by atoms with E-state index >= 15 is 0 Å². The summed E-state index contributed by atoms with van der Waals surface area (Å²) in [6, 6.07) is 17.4. The van der Waals surface area contributed by atoms with E-state index in [9.17, 15) is 4.79 Å². The normalized spacial score (nSPS) is 15.6. The molecule has 5 nitrogen and oxygen atoms in total. The molecular formula is C20H22N4O. The fourth-order valence-corrected chi connectivity index (χ4v) is 3.41. The second-order valence-electron chi connectivity index (χ2n) is 6.33. The number of likely N-dealkylation sites (N-methyl/N-ethyl adjacent to an activating group) is 1. The summed E-state index contributed by atoms with van der Waals surface area (Å²) in [6.07, 6.45) is 0. The van der Waals surface area contributed by atoms with Gasteiger partial charge in [0.1, 0.15) is 0 Å². The maximum Gasteiger partial charge on any atom is 0.267 e. The van der Waals surface area contributed by atoms with Crippen molar-refractivity contribution in [2.75, 3.05) is 37.6 Å². The van der Waals surface area contributed by atoms with Gasteiger partial charge in [-0.05, 0) is 30.8 Å². The molecule has 128 valence electrons. The highest BCUT2D eigenvalue weighted by atomic mass is 16.1. The maximum atomic E-state index is 13.2. The molecule has 0 N–H and O–H groups in total. The number of anilines is 1. The third kappa shape index (κ3) is 2.91. The minimum atomic E-state index is -0.00952. The molecular weight excluding hydrogens is 312 g/mol. The van der Waals surface area contributed by atoms with Gasteiger partial charge in [-0.3, -0.25) is 4.79 Å². The molecule has 0 unspecified atom stereocenters. The molecule has 25 heavy (non-hydrogen) atoms. The van der Waals surface area contributed by atoms with E-state index in [2.05, 4.69) is 16.7 Å². The van der Waals surface area contributed by atoms with Crippen LogP contribution in [0.1, 0.15) is 6.92 Å². The summed E-state index contributed by atoms with van der Waals surface area (Å²) in [5.41, 5.74) is 1.61. The molecule has 0 bridgehead atoms. The molecule has 1 aliphatic rings. The van der Waals surface area contributed by atoms with E-state index in [0.717, 1.165) is 49.9 Å². The van der Waals surface area contributed by atoms with E-state index in [1.165, 1.54) is 0 Å². The minimum Gasteiger partial charge on any atom is -0.339 e. The Balaban J connectivity index is 1.89. The first-order valence-corrected chi connectivity index (χ1v) is 8.82. The molecule has 1 aliphatic heterocycles. The lowest BCUT2D eigenvalue weighted by atomic mass is 10.2. The lowest BCUT2D eigenvalue weighted by Gasteiger charge is -2.35. The van der Waals surface area contributed by atoms with Gasteiger partial charge in [0.15, 0.2) is 0 Å². The number of fused-ring (bicyclic) bond motifs is 1. The molecule has 0 atom stereocenters. The third-order valence-electron chi connectivity index (χ3n) is 4.87. The zero-order valence-electron chi connectivity index (χ0n) is 14.4. The van der Waals surface area contributed by atoms with Crippen molar-refractivity contribution in [3.63, 3.8) is 0 Å². The predicted octanol–water partition coefficient (Wildman–Crippen LogP) is 2.53. The quantitative estimate of drug-likeness (QED) is 0.738. The minimum absolute atomic E-state index is 0.00952. The lowest BCUT2D eigenvalue weighted by molar-refractivity contribution is 0.269. The van der Waals surface area contributed by atoms with Crippen LogP contribution in [-0.2, 0) is 0 Å². The van der Waals surface area contributed by atoms with Gasteiger partial charge in [0, 0.05) is 26.2 Å². The first kappa shape index (κ1) is 15.8. The molecule has 0 aliphatic carbocycles. The Morgan fingerprint density at radius 3 is 2.32 bits per heavy atom. The van der Waals surface area contributed by atoms with Crippen LogP contribution in [0.4, 0.5) is 5.95 Å². The number of hydrogen-bond donors (Lipinski definition) is 0. The van der Waals surface area contributed by atoms with E-state index in [4.69, 9.17) is 4.98 Å². The SMILES string of the molecule is CCN1CCN(c2nc3ccccc3c(=O)n2-c2ccccc2)CC1. The summed E-state index contributed by atoms with van der Waals surface area (Å²) in [5.74, 6) is 0.741. The van der Waals surface area contributed by atoms with E-state index in [-0.39, 0.29) is 5.56 Å². The first-order chi connectivity index (χ1) is 12.3. The zero-order chi connectivity index (χ0) is 17.2. The van der Waals surface area contributed by atoms with E-state index < -0.39 is 0 Å². The van der Waals surface area contributed by atoms with E-state index in [0.29, 0.717) is 5.39 Å². The van der Waals surface area contributed by atoms with E-state index in [1.807, 2.05) is 54.6 Å². The summed E-state index contributed by atoms with van der Waals surface area (Å²) < 4.78 is 1.75. The summed E-state index contributed by atoms with van der Waals surface area (Å²) in [4.78, 5) is 22.7. The standard InChI is InChI=1S/C20H22N4O/c1-2-22-12-14-23(15-13-22)20-21-18-11-7-6-10-17(18)19(25)24(20)16-8-4-3-5-9-16/h3-11H,2,12-15H2,1H3. The molecule has 5 heteroatoms. The lowest BCUT2D eigenvalue weighted by Crippen LogP contribution is -2.48. The second kappa shape index (κ2) is 6.69. The van der Waals surface area contributed by atoms with Gasteiger partial charge in [-0.1, -0.05) is 37.3 Å². The molecule has 1 fully saturated rings. The fourth-order valence-electron chi connectivity index (χ4n) is 3.41. The van der Waals surface area contributed by atoms with Crippen LogP contribution in [0.5, 0.6) is 0 Å². The highest BCUT2D eigenvalue weighted by molar-refractivity contribution is 5.79. The van der Waals surface area contributed by atoms with Crippen molar-refractivity contribution in [2.24, 2.45) is 0 Å². The second-order valence-corrected chi connectivity index (χ2v) is 6.33. The molecule has 0 spiro atoms. The van der Waals surface area contributed by atoms with Crippen molar-refractivity contribution in [1.29, 1.82) is 0 Å². The van der Waals surface area contributed by atoms with Gasteiger partial charge >= 0.3 is 0 Å². The van der Waals surface area contributed by atoms with Gasteiger partial charge in [0.25, 0.3) is 5.56 Å². The summed E-state index contributed by atoms with van der Waals surface area (Å²) in [5, 5.41) is 0.655. The van der Waals surface area contributed by atoms with Crippen molar-refractivity contribution in [3.8, 4) is 5.69 Å². The van der Waals surface area contributed by atoms with Crippen molar-refractivity contribution in [1.82, 2.24) is 14.5 Å². The van der Waals surface area contributed by atoms with Crippen LogP contribution >= 0.6 is 0 Å². The van der Waals surface area contributed by atoms with Crippen LogP contribution < -0.4 is 10.5 Å². The van der Waals surface area contributed by atoms with Gasteiger partial charge in [-0.25, -0.2) is 9.55 Å². The molecule has 0 saturated carbocycles. The van der Waals surface area contributed by atoms with Crippen LogP contribution in [0, 0.1) is 0 Å². The average molecular weight is 334 g/mol. The Bertz CT molecular complexity index is 927. The molecule has 4 rings (SSSR count). The van der Waals surface area contributed by atoms with Gasteiger partial charge in [-0.2, -0.15) is 0 Å². The average Bonchev–Trinajstić information content (AvgIpc) is 2.69. The number of nitrogens with zero attached hydrogens (tertiary/aromatic N) is 4. The Kier molecular flexibility index (Phi) is 4.24. The number of piperazine rings is 1. The van der Waals surface area contributed by atoms with Gasteiger partial charge in [0.05, 0.1) is 16.6 Å². The topological polar surface area (TPSA) is 41.4 Å². The number of rotatable bonds is 3. The van der Waals surface area contributed by atoms with Crippen LogP contribution in [-0.4, -0.2) is 47.2 Å². The number of para-hydroxylation sites is 2. The van der Waals surface area contributed by atoms with Crippen LogP contribution in [0.25, 0.3) is 16.6 Å². The van der Waals surface area contributed by atoms with Crippen molar-refractivity contribution < 1.29 is 0 Å². The Morgan fingerprint density at radius 2 is 1.60 bits per heavy atom. The Morgan fingerprint density at radius 1 is 0.920 bits per heavy atom. The van der Waals surface area contributed by atoms with Crippen molar-refractivity contribution in [2.45, 2.75) is 6.92 Å². The Labute approximate surface area is 147 Å². The van der Waals surface area contributed by atoms with Crippen LogP contribution in [0.15, 0.2) is 59.4 Å². The molecule has 2 aromatic carbocycles. The fraction of sp³-hybridized carbons (Fsp3) is 0.300. The molecule has 1 aromatic heterocycles. The third-order valence-corrected chi connectivity index (χ3v) is 4.87. The highest BCUT2D eigenvalue weighted by Crippen LogP contribution is 2.20. The van der Waals surface area contributed by atoms with Crippen LogP contribution in [0.2, 0.25) is 0 Å².